The van der Waals surface area contributed by atoms with Gasteiger partial charge in [0, 0.05) is 0 Å². The number of rotatable bonds is 4. The Morgan fingerprint density at radius 3 is 1.14 bits per heavy atom. The number of benzene rings is 4. The van der Waals surface area contributed by atoms with Crippen molar-refractivity contribution in [2.24, 2.45) is 0 Å². The first-order chi connectivity index (χ1) is 23.8. The van der Waals surface area contributed by atoms with Crippen molar-refractivity contribution >= 4 is 22.3 Å². The second kappa shape index (κ2) is 13.3. The van der Waals surface area contributed by atoms with E-state index in [1.54, 1.807) is 0 Å². The van der Waals surface area contributed by atoms with Crippen LogP contribution in [0.3, 0.4) is 0 Å². The van der Waals surface area contributed by atoms with Gasteiger partial charge in [-0.3, -0.25) is 0 Å². The van der Waals surface area contributed by atoms with Crippen LogP contribution >= 0.6 is 0 Å². The van der Waals surface area contributed by atoms with Crippen molar-refractivity contribution < 1.29 is 16.5 Å². The Morgan fingerprint density at radius 1 is 0.388 bits per heavy atom. The van der Waals surface area contributed by atoms with Gasteiger partial charge in [0.1, 0.15) is 0 Å². The topological polar surface area (TPSA) is 56.4 Å². The number of fused-ring (bicyclic) bond motifs is 8. The first-order valence-corrected chi connectivity index (χ1v) is 16.9. The van der Waals surface area contributed by atoms with E-state index in [4.69, 9.17) is 20.6 Å². The van der Waals surface area contributed by atoms with Crippen LogP contribution in [-0.4, -0.2) is 12.1 Å². The van der Waals surface area contributed by atoms with Crippen molar-refractivity contribution in [2.45, 2.75) is 37.8 Å². The van der Waals surface area contributed by atoms with E-state index >= 15 is 0 Å². The maximum atomic E-state index is 5.52. The van der Waals surface area contributed by atoms with Crippen molar-refractivity contribution in [1.82, 2.24) is 9.97 Å². The summed E-state index contributed by atoms with van der Waals surface area (Å²) >= 11 is 0. The molecule has 2 atom stereocenters. The molecule has 0 aliphatic carbocycles. The molecule has 2 aromatic heterocycles. The summed E-state index contributed by atoms with van der Waals surface area (Å²) in [5, 5.41) is 13.0. The van der Waals surface area contributed by atoms with Crippen LogP contribution in [0.1, 0.15) is 59.3 Å². The molecule has 2 saturated heterocycles. The van der Waals surface area contributed by atoms with E-state index in [1.165, 1.54) is 11.1 Å². The summed E-state index contributed by atoms with van der Waals surface area (Å²) in [5.74, 6) is 0. The largest absolute Gasteiger partial charge is 2.00 e. The van der Waals surface area contributed by atoms with Crippen LogP contribution in [0.4, 0.5) is 0 Å². The maximum Gasteiger partial charge on any atom is 2.00 e. The van der Waals surface area contributed by atoms with Gasteiger partial charge < -0.3 is 20.6 Å². The predicted molar refractivity (Wildman–Crippen MR) is 194 cm³/mol. The van der Waals surface area contributed by atoms with E-state index < -0.39 is 0 Å². The molecule has 242 valence electrons. The summed E-state index contributed by atoms with van der Waals surface area (Å²) < 4.78 is 0. The number of nitrogens with zero attached hydrogens (tertiary/aromatic N) is 4. The van der Waals surface area contributed by atoms with E-state index in [1.807, 2.05) is 0 Å². The molecule has 3 aliphatic rings. The second-order valence-corrected chi connectivity index (χ2v) is 12.7. The first-order valence-electron chi connectivity index (χ1n) is 16.9. The number of allylic oxidation sites excluding steroid dienone is 2. The van der Waals surface area contributed by atoms with Crippen LogP contribution in [0.25, 0.3) is 32.9 Å². The standard InChI is InChI=1S/C44H34N4.Ni/c1-5-13-29(14-6-1)41-33-21-23-35(45-33)42(30-15-7-2-8-16-30)37-25-27-39(47-37)44(32-19-11-4-12-20-32)40-28-26-38(48-40)43(31-17-9-3-10-18-31)36-24-22-34(41)46-36;/h1-21,23,26,28,34,37H,22,24-25,27H2;/q-4;+2/b41-33-,42-35-,43-36-,44-39-;. The Hall–Kier alpha value is -5.25. The van der Waals surface area contributed by atoms with Gasteiger partial charge in [0.25, 0.3) is 0 Å². The minimum atomic E-state index is -0.0195. The molecule has 5 heterocycles. The van der Waals surface area contributed by atoms with Gasteiger partial charge in [-0.15, -0.1) is 22.1 Å². The summed E-state index contributed by atoms with van der Waals surface area (Å²) in [6.45, 7) is 0. The normalized spacial score (nSPS) is 23.8. The van der Waals surface area contributed by atoms with Crippen molar-refractivity contribution in [3.8, 4) is 0 Å². The van der Waals surface area contributed by atoms with Crippen molar-refractivity contribution in [1.29, 1.82) is 0 Å². The van der Waals surface area contributed by atoms with Gasteiger partial charge in [0.2, 0.25) is 0 Å². The molecule has 4 aromatic carbocycles. The summed E-state index contributed by atoms with van der Waals surface area (Å²) in [6.07, 6.45) is 3.56. The molecule has 8 bridgehead atoms. The van der Waals surface area contributed by atoms with Crippen LogP contribution < -0.4 is 20.7 Å². The van der Waals surface area contributed by atoms with E-state index in [0.717, 1.165) is 92.6 Å². The number of hydrogen-bond donors (Lipinski definition) is 0. The van der Waals surface area contributed by atoms with Gasteiger partial charge in [0.05, 0.1) is 0 Å². The SMILES string of the molecule is [Ni+2].c1ccc(/C2=C3\CCC([N-]3)/C(c3ccccc3)=c3/cc/c([n-]3)=C(\c3ccccc3)C3CC/C(=C(\c4ccccc4)c4ccc2[n-]4)[N-]3)cc1. The van der Waals surface area contributed by atoms with Gasteiger partial charge in [0.15, 0.2) is 0 Å². The van der Waals surface area contributed by atoms with Crippen molar-refractivity contribution in [2.75, 3.05) is 0 Å². The molecule has 49 heavy (non-hydrogen) atoms. The number of hydrogen-bond acceptors (Lipinski definition) is 0. The third kappa shape index (κ3) is 5.79. The number of aromatic nitrogens is 2. The minimum Gasteiger partial charge on any atom is -0.681 e. The quantitative estimate of drug-likeness (QED) is 0.176. The van der Waals surface area contributed by atoms with Crippen LogP contribution in [0.15, 0.2) is 157 Å². The van der Waals surface area contributed by atoms with Gasteiger partial charge in [-0.1, -0.05) is 193 Å². The second-order valence-electron chi connectivity index (χ2n) is 12.7. The summed E-state index contributed by atoms with van der Waals surface area (Å²) in [6, 6.07) is 51.3. The van der Waals surface area contributed by atoms with Crippen LogP contribution in [0.2, 0.25) is 0 Å². The molecule has 5 heteroatoms. The molecule has 0 spiro atoms. The van der Waals surface area contributed by atoms with Crippen LogP contribution in [0.5, 0.6) is 0 Å². The summed E-state index contributed by atoms with van der Waals surface area (Å²) in [7, 11) is 0. The van der Waals surface area contributed by atoms with Crippen molar-refractivity contribution in [3.05, 3.63) is 212 Å². The fourth-order valence-corrected chi connectivity index (χ4v) is 7.67. The third-order valence-electron chi connectivity index (χ3n) is 9.81. The van der Waals surface area contributed by atoms with Crippen molar-refractivity contribution in [3.63, 3.8) is 0 Å². The molecule has 3 aliphatic heterocycles. The zero-order valence-electron chi connectivity index (χ0n) is 26.9. The maximum absolute atomic E-state index is 5.52. The molecular weight excluding hydrogens is 643 g/mol. The zero-order valence-corrected chi connectivity index (χ0v) is 27.9. The Bertz CT molecular complexity index is 2120. The van der Waals surface area contributed by atoms with Gasteiger partial charge >= 0.3 is 16.5 Å². The Balaban J connectivity index is 0.00000348. The minimum absolute atomic E-state index is 0. The summed E-state index contributed by atoms with van der Waals surface area (Å²) in [4.78, 5) is 10.8. The molecule has 0 saturated carbocycles. The first kappa shape index (κ1) is 31.0. The van der Waals surface area contributed by atoms with E-state index in [0.29, 0.717) is 0 Å². The Morgan fingerprint density at radius 2 is 0.755 bits per heavy atom. The molecule has 6 aromatic rings. The molecule has 0 amide bonds. The molecule has 2 unspecified atom stereocenters. The third-order valence-corrected chi connectivity index (χ3v) is 9.81. The molecule has 0 N–H and O–H groups in total. The monoisotopic (exact) mass is 676 g/mol. The average molecular weight is 677 g/mol. The Labute approximate surface area is 297 Å². The van der Waals surface area contributed by atoms with Gasteiger partial charge in [-0.25, -0.2) is 0 Å². The molecule has 4 nitrogen and oxygen atoms in total. The molecule has 9 rings (SSSR count). The molecular formula is C44H34N4Ni-2. The molecule has 0 radical (unpaired) electrons. The zero-order chi connectivity index (χ0) is 31.9. The molecule has 2 fully saturated rings. The average Bonchev–Trinajstić information content (AvgIpc) is 3.98. The van der Waals surface area contributed by atoms with E-state index in [9.17, 15) is 0 Å². The predicted octanol–water partition coefficient (Wildman–Crippen LogP) is 8.30. The fraction of sp³-hybridized carbons (Fsp3) is 0.136. The van der Waals surface area contributed by atoms with Gasteiger partial charge in [-0.2, -0.15) is 11.4 Å². The smallest absolute Gasteiger partial charge is 0.681 e. The Kier molecular flexibility index (Phi) is 8.45. The van der Waals surface area contributed by atoms with E-state index in [-0.39, 0.29) is 28.6 Å². The van der Waals surface area contributed by atoms with Crippen LogP contribution in [-0.2, 0) is 16.5 Å². The van der Waals surface area contributed by atoms with E-state index in [2.05, 4.69) is 146 Å². The van der Waals surface area contributed by atoms with Crippen LogP contribution in [0, 0.1) is 0 Å². The summed E-state index contributed by atoms with van der Waals surface area (Å²) in [5.41, 5.74) is 13.3. The fourth-order valence-electron chi connectivity index (χ4n) is 7.67. The van der Waals surface area contributed by atoms with Gasteiger partial charge in [-0.05, 0) is 35.1 Å².